The van der Waals surface area contributed by atoms with Crippen LogP contribution in [0.5, 0.6) is 0 Å². The Morgan fingerprint density at radius 2 is 2.11 bits per heavy atom. The molecule has 0 amide bonds. The molecule has 0 aliphatic heterocycles. The van der Waals surface area contributed by atoms with Crippen LogP contribution >= 0.6 is 11.3 Å². The lowest BCUT2D eigenvalue weighted by Gasteiger charge is -2.30. The van der Waals surface area contributed by atoms with Gasteiger partial charge < -0.3 is 10.4 Å². The van der Waals surface area contributed by atoms with E-state index in [0.717, 1.165) is 29.0 Å². The van der Waals surface area contributed by atoms with Gasteiger partial charge in [0.1, 0.15) is 12.1 Å². The van der Waals surface area contributed by atoms with Crippen molar-refractivity contribution >= 4 is 27.4 Å². The van der Waals surface area contributed by atoms with E-state index < -0.39 is 0 Å². The van der Waals surface area contributed by atoms with Crippen LogP contribution in [-0.4, -0.2) is 28.2 Å². The van der Waals surface area contributed by atoms with Crippen LogP contribution in [0, 0.1) is 11.8 Å². The number of hydrogen-bond acceptors (Lipinski definition) is 5. The number of nitrogens with zero attached hydrogens (tertiary/aromatic N) is 2. The molecule has 1 aliphatic carbocycles. The standard InChI is InChI=1S/C14H19N3OS/c18-8-11-4-2-1-3-10(11)7-15-14-13-12(5-6-19-13)16-9-17-14/h5-6,9-11,18H,1-4,7-8H2,(H,15,16,17). The molecule has 4 nitrogen and oxygen atoms in total. The highest BCUT2D eigenvalue weighted by molar-refractivity contribution is 7.17. The van der Waals surface area contributed by atoms with E-state index in [1.807, 2.05) is 11.4 Å². The lowest BCUT2D eigenvalue weighted by molar-refractivity contribution is 0.141. The predicted molar refractivity (Wildman–Crippen MR) is 78.4 cm³/mol. The molecular weight excluding hydrogens is 258 g/mol. The van der Waals surface area contributed by atoms with E-state index in [4.69, 9.17) is 0 Å². The molecule has 2 unspecified atom stereocenters. The van der Waals surface area contributed by atoms with Crippen LogP contribution in [0.15, 0.2) is 17.8 Å². The van der Waals surface area contributed by atoms with E-state index in [2.05, 4.69) is 15.3 Å². The van der Waals surface area contributed by atoms with Crippen molar-refractivity contribution in [3.05, 3.63) is 17.8 Å². The maximum absolute atomic E-state index is 9.45. The number of thiophene rings is 1. The molecule has 1 saturated carbocycles. The molecule has 2 atom stereocenters. The summed E-state index contributed by atoms with van der Waals surface area (Å²) in [6, 6.07) is 2.02. The number of aliphatic hydroxyl groups is 1. The molecule has 2 heterocycles. The minimum absolute atomic E-state index is 0.310. The summed E-state index contributed by atoms with van der Waals surface area (Å²) in [4.78, 5) is 8.59. The molecule has 5 heteroatoms. The van der Waals surface area contributed by atoms with Gasteiger partial charge >= 0.3 is 0 Å². The van der Waals surface area contributed by atoms with Crippen LogP contribution in [0.4, 0.5) is 5.82 Å². The summed E-state index contributed by atoms with van der Waals surface area (Å²) in [7, 11) is 0. The predicted octanol–water partition coefficient (Wildman–Crippen LogP) is 2.90. The number of rotatable bonds is 4. The first-order valence-corrected chi connectivity index (χ1v) is 7.79. The number of hydrogen-bond donors (Lipinski definition) is 2. The number of nitrogens with one attached hydrogen (secondary N) is 1. The second-order valence-electron chi connectivity index (χ2n) is 5.23. The summed E-state index contributed by atoms with van der Waals surface area (Å²) < 4.78 is 1.12. The molecule has 2 aromatic rings. The van der Waals surface area contributed by atoms with Crippen LogP contribution in [0.25, 0.3) is 10.2 Å². The minimum Gasteiger partial charge on any atom is -0.396 e. The van der Waals surface area contributed by atoms with Crippen molar-refractivity contribution in [3.8, 4) is 0 Å². The van der Waals surface area contributed by atoms with Crippen LogP contribution in [0.1, 0.15) is 25.7 Å². The Bertz CT molecular complexity index is 542. The number of fused-ring (bicyclic) bond motifs is 1. The number of anilines is 1. The van der Waals surface area contributed by atoms with E-state index in [0.29, 0.717) is 18.4 Å². The van der Waals surface area contributed by atoms with Gasteiger partial charge in [-0.25, -0.2) is 9.97 Å². The summed E-state index contributed by atoms with van der Waals surface area (Å²) >= 11 is 1.67. The van der Waals surface area contributed by atoms with E-state index in [1.165, 1.54) is 19.3 Å². The Morgan fingerprint density at radius 3 is 2.95 bits per heavy atom. The van der Waals surface area contributed by atoms with Gasteiger partial charge in [-0.2, -0.15) is 0 Å². The maximum atomic E-state index is 9.45. The first-order valence-electron chi connectivity index (χ1n) is 6.91. The Labute approximate surface area is 116 Å². The SMILES string of the molecule is OCC1CCCCC1CNc1ncnc2ccsc12. The normalized spacial score (nSPS) is 23.6. The molecule has 1 fully saturated rings. The average molecular weight is 277 g/mol. The molecule has 102 valence electrons. The molecule has 3 rings (SSSR count). The van der Waals surface area contributed by atoms with Gasteiger partial charge in [0.05, 0.1) is 10.2 Å². The fourth-order valence-corrected chi connectivity index (χ4v) is 3.75. The summed E-state index contributed by atoms with van der Waals surface area (Å²) in [6.07, 6.45) is 6.51. The fourth-order valence-electron chi connectivity index (χ4n) is 2.94. The third-order valence-electron chi connectivity index (χ3n) is 4.08. The smallest absolute Gasteiger partial charge is 0.147 e. The summed E-state index contributed by atoms with van der Waals surface area (Å²) in [5.74, 6) is 1.94. The Balaban J connectivity index is 1.69. The Kier molecular flexibility index (Phi) is 3.94. The molecule has 2 N–H and O–H groups in total. The first kappa shape index (κ1) is 12.8. The second-order valence-corrected chi connectivity index (χ2v) is 6.14. The van der Waals surface area contributed by atoms with Gasteiger partial charge in [-0.05, 0) is 36.1 Å². The highest BCUT2D eigenvalue weighted by Gasteiger charge is 2.24. The topological polar surface area (TPSA) is 58.0 Å². The van der Waals surface area contributed by atoms with Crippen molar-refractivity contribution in [3.63, 3.8) is 0 Å². The highest BCUT2D eigenvalue weighted by Crippen LogP contribution is 2.31. The zero-order valence-electron chi connectivity index (χ0n) is 10.9. The number of aliphatic hydroxyl groups excluding tert-OH is 1. The monoisotopic (exact) mass is 277 g/mol. The summed E-state index contributed by atoms with van der Waals surface area (Å²) in [5.41, 5.74) is 1.00. The summed E-state index contributed by atoms with van der Waals surface area (Å²) in [5, 5.41) is 14.9. The molecule has 0 bridgehead atoms. The third-order valence-corrected chi connectivity index (χ3v) is 4.99. The molecule has 2 aromatic heterocycles. The van der Waals surface area contributed by atoms with Crippen LogP contribution in [0.2, 0.25) is 0 Å². The average Bonchev–Trinajstić information content (AvgIpc) is 2.94. The lowest BCUT2D eigenvalue weighted by atomic mass is 9.79. The Morgan fingerprint density at radius 1 is 1.26 bits per heavy atom. The molecule has 0 saturated heterocycles. The van der Waals surface area contributed by atoms with Gasteiger partial charge in [0.15, 0.2) is 0 Å². The zero-order valence-corrected chi connectivity index (χ0v) is 11.7. The molecule has 0 aromatic carbocycles. The Hall–Kier alpha value is -1.20. The maximum Gasteiger partial charge on any atom is 0.147 e. The largest absolute Gasteiger partial charge is 0.396 e. The van der Waals surface area contributed by atoms with Crippen LogP contribution in [0.3, 0.4) is 0 Å². The zero-order chi connectivity index (χ0) is 13.1. The van der Waals surface area contributed by atoms with Crippen molar-refractivity contribution in [2.75, 3.05) is 18.5 Å². The van der Waals surface area contributed by atoms with Crippen LogP contribution in [-0.2, 0) is 0 Å². The van der Waals surface area contributed by atoms with Crippen molar-refractivity contribution < 1.29 is 5.11 Å². The second kappa shape index (κ2) is 5.84. The van der Waals surface area contributed by atoms with Gasteiger partial charge in [-0.3, -0.25) is 0 Å². The third kappa shape index (κ3) is 2.72. The molecule has 0 radical (unpaired) electrons. The van der Waals surface area contributed by atoms with E-state index in [-0.39, 0.29) is 0 Å². The van der Waals surface area contributed by atoms with Crippen molar-refractivity contribution in [1.82, 2.24) is 9.97 Å². The van der Waals surface area contributed by atoms with Gasteiger partial charge in [0.2, 0.25) is 0 Å². The number of aromatic nitrogens is 2. The van der Waals surface area contributed by atoms with E-state index in [9.17, 15) is 5.11 Å². The van der Waals surface area contributed by atoms with Crippen molar-refractivity contribution in [1.29, 1.82) is 0 Å². The summed E-state index contributed by atoms with van der Waals surface area (Å²) in [6.45, 7) is 1.21. The quantitative estimate of drug-likeness (QED) is 0.902. The molecular formula is C14H19N3OS. The van der Waals surface area contributed by atoms with Gasteiger partial charge in [0, 0.05) is 13.2 Å². The van der Waals surface area contributed by atoms with Crippen molar-refractivity contribution in [2.24, 2.45) is 11.8 Å². The molecule has 19 heavy (non-hydrogen) atoms. The van der Waals surface area contributed by atoms with Gasteiger partial charge in [0.25, 0.3) is 0 Å². The van der Waals surface area contributed by atoms with Crippen LogP contribution < -0.4 is 5.32 Å². The lowest BCUT2D eigenvalue weighted by Crippen LogP contribution is -2.28. The minimum atomic E-state index is 0.310. The van der Waals surface area contributed by atoms with Gasteiger partial charge in [-0.15, -0.1) is 11.3 Å². The highest BCUT2D eigenvalue weighted by atomic mass is 32.1. The van der Waals surface area contributed by atoms with Crippen molar-refractivity contribution in [2.45, 2.75) is 25.7 Å². The fraction of sp³-hybridized carbons (Fsp3) is 0.571. The first-order chi connectivity index (χ1) is 9.38. The molecule has 1 aliphatic rings. The van der Waals surface area contributed by atoms with E-state index >= 15 is 0 Å². The van der Waals surface area contributed by atoms with E-state index in [1.54, 1.807) is 17.7 Å². The molecule has 0 spiro atoms. The van der Waals surface area contributed by atoms with Gasteiger partial charge in [-0.1, -0.05) is 12.8 Å².